The molecule has 15 heavy (non-hydrogen) atoms. The van der Waals surface area contributed by atoms with E-state index in [-0.39, 0.29) is 0 Å². The van der Waals surface area contributed by atoms with E-state index >= 15 is 0 Å². The number of nitrogen functional groups attached to an aromatic ring is 1. The van der Waals surface area contributed by atoms with E-state index in [0.29, 0.717) is 5.82 Å². The van der Waals surface area contributed by atoms with Crippen molar-refractivity contribution in [2.24, 2.45) is 0 Å². The molecule has 0 atom stereocenters. The maximum Gasteiger partial charge on any atom is 0.134 e. The van der Waals surface area contributed by atoms with Crippen LogP contribution < -0.4 is 11.1 Å². The van der Waals surface area contributed by atoms with Gasteiger partial charge >= 0.3 is 0 Å². The second kappa shape index (κ2) is 5.53. The molecule has 0 spiro atoms. The highest BCUT2D eigenvalue weighted by atomic mass is 15.1. The molecule has 1 heterocycles. The molecule has 0 aliphatic carbocycles. The van der Waals surface area contributed by atoms with Crippen LogP contribution in [0.4, 0.5) is 11.6 Å². The number of anilines is 2. The Kier molecular flexibility index (Phi) is 4.34. The number of nitrogens with one attached hydrogen (secondary N) is 1. The summed E-state index contributed by atoms with van der Waals surface area (Å²) in [5, 5.41) is 3.30. The Balaban J connectivity index is 2.80. The summed E-state index contributed by atoms with van der Waals surface area (Å²) in [4.78, 5) is 8.63. The van der Waals surface area contributed by atoms with Gasteiger partial charge in [0.05, 0.1) is 0 Å². The molecule has 0 amide bonds. The zero-order valence-electron chi connectivity index (χ0n) is 9.80. The Hall–Kier alpha value is -1.32. The van der Waals surface area contributed by atoms with Gasteiger partial charge in [-0.25, -0.2) is 9.97 Å². The van der Waals surface area contributed by atoms with Crippen LogP contribution in [0.2, 0.25) is 0 Å². The Morgan fingerprint density at radius 1 is 1.27 bits per heavy atom. The third kappa shape index (κ3) is 3.08. The van der Waals surface area contributed by atoms with E-state index in [1.165, 1.54) is 6.42 Å². The average molecular weight is 208 g/mol. The second-order valence-electron chi connectivity index (χ2n) is 3.63. The van der Waals surface area contributed by atoms with Crippen LogP contribution in [-0.4, -0.2) is 16.5 Å². The standard InChI is InChI=1S/C11H20N4/c1-4-6-7-13-11-8(3)10(12)14-9(5-2)15-11/h4-7H2,1-3H3,(H3,12,13,14,15). The van der Waals surface area contributed by atoms with Crippen molar-refractivity contribution in [1.82, 2.24) is 9.97 Å². The molecule has 0 aliphatic heterocycles. The Morgan fingerprint density at radius 2 is 2.00 bits per heavy atom. The minimum Gasteiger partial charge on any atom is -0.383 e. The molecule has 0 radical (unpaired) electrons. The van der Waals surface area contributed by atoms with Crippen molar-refractivity contribution in [2.45, 2.75) is 40.0 Å². The van der Waals surface area contributed by atoms with Crippen molar-refractivity contribution in [3.63, 3.8) is 0 Å². The number of hydrogen-bond donors (Lipinski definition) is 2. The quantitative estimate of drug-likeness (QED) is 0.728. The van der Waals surface area contributed by atoms with Gasteiger partial charge in [0.25, 0.3) is 0 Å². The van der Waals surface area contributed by atoms with Gasteiger partial charge in [0.1, 0.15) is 17.5 Å². The van der Waals surface area contributed by atoms with Crippen LogP contribution >= 0.6 is 0 Å². The van der Waals surface area contributed by atoms with Crippen molar-refractivity contribution < 1.29 is 0 Å². The van der Waals surface area contributed by atoms with Gasteiger partial charge in [-0.3, -0.25) is 0 Å². The largest absolute Gasteiger partial charge is 0.383 e. The summed E-state index contributed by atoms with van der Waals surface area (Å²) in [7, 11) is 0. The van der Waals surface area contributed by atoms with E-state index in [4.69, 9.17) is 5.73 Å². The SMILES string of the molecule is CCCCNc1nc(CC)nc(N)c1C. The molecular formula is C11H20N4. The van der Waals surface area contributed by atoms with Crippen molar-refractivity contribution >= 4 is 11.6 Å². The highest BCUT2D eigenvalue weighted by molar-refractivity contribution is 5.54. The van der Waals surface area contributed by atoms with Gasteiger partial charge in [-0.15, -0.1) is 0 Å². The fourth-order valence-electron chi connectivity index (χ4n) is 1.30. The Bertz CT molecular complexity index is 323. The van der Waals surface area contributed by atoms with Crippen LogP contribution in [0.1, 0.15) is 38.1 Å². The first-order chi connectivity index (χ1) is 7.19. The predicted octanol–water partition coefficient (Wildman–Crippen LogP) is 2.14. The van der Waals surface area contributed by atoms with Gasteiger partial charge in [-0.1, -0.05) is 20.3 Å². The third-order valence-electron chi connectivity index (χ3n) is 2.37. The van der Waals surface area contributed by atoms with Gasteiger partial charge in [-0.2, -0.15) is 0 Å². The highest BCUT2D eigenvalue weighted by Crippen LogP contribution is 2.17. The van der Waals surface area contributed by atoms with Crippen molar-refractivity contribution in [2.75, 3.05) is 17.6 Å². The van der Waals surface area contributed by atoms with Gasteiger partial charge in [0.15, 0.2) is 0 Å². The van der Waals surface area contributed by atoms with Crippen LogP contribution in [0, 0.1) is 6.92 Å². The molecule has 1 rings (SSSR count). The summed E-state index contributed by atoms with van der Waals surface area (Å²) in [6.07, 6.45) is 3.13. The summed E-state index contributed by atoms with van der Waals surface area (Å²) in [5.74, 6) is 2.27. The van der Waals surface area contributed by atoms with Gasteiger partial charge in [0, 0.05) is 18.5 Å². The van der Waals surface area contributed by atoms with Crippen LogP contribution in [0.15, 0.2) is 0 Å². The number of rotatable bonds is 5. The first kappa shape index (κ1) is 11.8. The normalized spacial score (nSPS) is 10.3. The van der Waals surface area contributed by atoms with E-state index in [1.807, 2.05) is 13.8 Å². The monoisotopic (exact) mass is 208 g/mol. The number of aryl methyl sites for hydroxylation is 1. The van der Waals surface area contributed by atoms with E-state index < -0.39 is 0 Å². The molecule has 0 unspecified atom stereocenters. The second-order valence-corrected chi connectivity index (χ2v) is 3.63. The van der Waals surface area contributed by atoms with Crippen LogP contribution in [0.3, 0.4) is 0 Å². The average Bonchev–Trinajstić information content (AvgIpc) is 2.24. The van der Waals surface area contributed by atoms with Crippen LogP contribution in [0.5, 0.6) is 0 Å². The lowest BCUT2D eigenvalue weighted by atomic mass is 10.3. The van der Waals surface area contributed by atoms with E-state index in [2.05, 4.69) is 22.2 Å². The summed E-state index contributed by atoms with van der Waals surface area (Å²) in [6, 6.07) is 0. The molecule has 3 N–H and O–H groups in total. The molecule has 0 saturated carbocycles. The number of hydrogen-bond acceptors (Lipinski definition) is 4. The Labute approximate surface area is 91.3 Å². The molecule has 1 aromatic heterocycles. The van der Waals surface area contributed by atoms with Gasteiger partial charge < -0.3 is 11.1 Å². The van der Waals surface area contributed by atoms with E-state index in [9.17, 15) is 0 Å². The van der Waals surface area contributed by atoms with Crippen LogP contribution in [0.25, 0.3) is 0 Å². The van der Waals surface area contributed by atoms with Crippen molar-refractivity contribution in [1.29, 1.82) is 0 Å². The molecule has 0 aromatic carbocycles. The lowest BCUT2D eigenvalue weighted by Crippen LogP contribution is -2.10. The number of nitrogens with zero attached hydrogens (tertiary/aromatic N) is 2. The molecule has 84 valence electrons. The third-order valence-corrected chi connectivity index (χ3v) is 2.37. The molecule has 4 nitrogen and oxygen atoms in total. The molecule has 1 aromatic rings. The zero-order valence-corrected chi connectivity index (χ0v) is 9.80. The fraction of sp³-hybridized carbons (Fsp3) is 0.636. The molecule has 0 aliphatic rings. The summed E-state index contributed by atoms with van der Waals surface area (Å²) < 4.78 is 0. The predicted molar refractivity (Wildman–Crippen MR) is 64.0 cm³/mol. The van der Waals surface area contributed by atoms with Crippen LogP contribution in [-0.2, 0) is 6.42 Å². The van der Waals surface area contributed by atoms with E-state index in [0.717, 1.165) is 36.6 Å². The summed E-state index contributed by atoms with van der Waals surface area (Å²) >= 11 is 0. The number of unbranched alkanes of at least 4 members (excludes halogenated alkanes) is 1. The maximum absolute atomic E-state index is 5.81. The molecule has 0 fully saturated rings. The summed E-state index contributed by atoms with van der Waals surface area (Å²) in [6.45, 7) is 7.08. The molecular weight excluding hydrogens is 188 g/mol. The van der Waals surface area contributed by atoms with E-state index in [1.54, 1.807) is 0 Å². The lowest BCUT2D eigenvalue weighted by molar-refractivity contribution is 0.825. The lowest BCUT2D eigenvalue weighted by Gasteiger charge is -2.10. The zero-order chi connectivity index (χ0) is 11.3. The summed E-state index contributed by atoms with van der Waals surface area (Å²) in [5.41, 5.74) is 6.76. The molecule has 4 heteroatoms. The first-order valence-electron chi connectivity index (χ1n) is 5.55. The van der Waals surface area contributed by atoms with Crippen molar-refractivity contribution in [3.05, 3.63) is 11.4 Å². The minimum absolute atomic E-state index is 0.584. The van der Waals surface area contributed by atoms with Gasteiger partial charge in [-0.05, 0) is 13.3 Å². The maximum atomic E-state index is 5.81. The highest BCUT2D eigenvalue weighted by Gasteiger charge is 2.06. The first-order valence-corrected chi connectivity index (χ1v) is 5.55. The molecule has 0 bridgehead atoms. The van der Waals surface area contributed by atoms with Crippen molar-refractivity contribution in [3.8, 4) is 0 Å². The topological polar surface area (TPSA) is 63.8 Å². The smallest absolute Gasteiger partial charge is 0.134 e. The minimum atomic E-state index is 0.584. The molecule has 0 saturated heterocycles. The fourth-order valence-corrected chi connectivity index (χ4v) is 1.30. The Morgan fingerprint density at radius 3 is 2.60 bits per heavy atom. The van der Waals surface area contributed by atoms with Gasteiger partial charge in [0.2, 0.25) is 0 Å². The number of nitrogens with two attached hydrogens (primary N) is 1. The number of aromatic nitrogens is 2.